The van der Waals surface area contributed by atoms with Crippen LogP contribution in [0, 0.1) is 17.6 Å². The van der Waals surface area contributed by atoms with Crippen LogP contribution in [-0.2, 0) is 11.2 Å². The SMILES string of the molecule is O=C(Cc1ccc(F)c(F)c1)N1CCCC(CCCl)C1. The molecule has 1 amide bonds. The Morgan fingerprint density at radius 1 is 1.35 bits per heavy atom. The normalized spacial score (nSPS) is 19.1. The van der Waals surface area contributed by atoms with Gasteiger partial charge in [0.25, 0.3) is 0 Å². The Morgan fingerprint density at radius 2 is 2.15 bits per heavy atom. The van der Waals surface area contributed by atoms with Crippen LogP contribution in [0.4, 0.5) is 8.78 Å². The lowest BCUT2D eigenvalue weighted by Gasteiger charge is -2.32. The van der Waals surface area contributed by atoms with Crippen LogP contribution in [0.2, 0.25) is 0 Å². The molecule has 1 unspecified atom stereocenters. The molecule has 110 valence electrons. The van der Waals surface area contributed by atoms with Gasteiger partial charge < -0.3 is 4.90 Å². The molecule has 1 heterocycles. The lowest BCUT2D eigenvalue weighted by Crippen LogP contribution is -2.40. The van der Waals surface area contributed by atoms with Crippen molar-refractivity contribution in [3.05, 3.63) is 35.4 Å². The first-order valence-corrected chi connectivity index (χ1v) is 7.41. The van der Waals surface area contributed by atoms with Crippen molar-refractivity contribution in [1.29, 1.82) is 0 Å². The lowest BCUT2D eigenvalue weighted by molar-refractivity contribution is -0.132. The maximum absolute atomic E-state index is 13.1. The minimum atomic E-state index is -0.908. The molecule has 0 N–H and O–H groups in total. The Hall–Kier alpha value is -1.16. The third-order valence-electron chi connectivity index (χ3n) is 3.73. The molecule has 0 bridgehead atoms. The molecule has 1 aromatic carbocycles. The summed E-state index contributed by atoms with van der Waals surface area (Å²) in [4.78, 5) is 14.0. The molecule has 1 atom stereocenters. The summed E-state index contributed by atoms with van der Waals surface area (Å²) in [6.45, 7) is 1.45. The first-order valence-electron chi connectivity index (χ1n) is 6.88. The van der Waals surface area contributed by atoms with Gasteiger partial charge >= 0.3 is 0 Å². The van der Waals surface area contributed by atoms with Crippen molar-refractivity contribution in [2.24, 2.45) is 5.92 Å². The zero-order chi connectivity index (χ0) is 14.5. The second-order valence-electron chi connectivity index (χ2n) is 5.25. The average molecular weight is 302 g/mol. The van der Waals surface area contributed by atoms with Gasteiger partial charge in [0.1, 0.15) is 0 Å². The fraction of sp³-hybridized carbons (Fsp3) is 0.533. The van der Waals surface area contributed by atoms with E-state index in [4.69, 9.17) is 11.6 Å². The number of hydrogen-bond donors (Lipinski definition) is 0. The Balaban J connectivity index is 1.95. The molecule has 2 rings (SSSR count). The van der Waals surface area contributed by atoms with Gasteiger partial charge in [0.15, 0.2) is 11.6 Å². The van der Waals surface area contributed by atoms with Crippen LogP contribution >= 0.6 is 11.6 Å². The molecule has 0 saturated carbocycles. The van der Waals surface area contributed by atoms with E-state index in [0.29, 0.717) is 17.4 Å². The zero-order valence-electron chi connectivity index (χ0n) is 11.2. The number of alkyl halides is 1. The van der Waals surface area contributed by atoms with Gasteiger partial charge in [-0.05, 0) is 42.9 Å². The number of benzene rings is 1. The second kappa shape index (κ2) is 7.02. The number of rotatable bonds is 4. The third-order valence-corrected chi connectivity index (χ3v) is 3.95. The number of nitrogens with zero attached hydrogens (tertiary/aromatic N) is 1. The maximum Gasteiger partial charge on any atom is 0.227 e. The number of likely N-dealkylation sites (tertiary alicyclic amines) is 1. The number of halogens is 3. The van der Waals surface area contributed by atoms with E-state index < -0.39 is 11.6 Å². The summed E-state index contributed by atoms with van der Waals surface area (Å²) in [5.74, 6) is -0.767. The highest BCUT2D eigenvalue weighted by Crippen LogP contribution is 2.21. The first-order chi connectivity index (χ1) is 9.60. The molecular formula is C15H18ClF2NO. The number of hydrogen-bond acceptors (Lipinski definition) is 1. The fourth-order valence-corrected chi connectivity index (χ4v) is 2.93. The van der Waals surface area contributed by atoms with Gasteiger partial charge in [0.2, 0.25) is 5.91 Å². The molecule has 0 aromatic heterocycles. The van der Waals surface area contributed by atoms with Crippen LogP contribution in [0.15, 0.2) is 18.2 Å². The fourth-order valence-electron chi connectivity index (χ4n) is 2.62. The highest BCUT2D eigenvalue weighted by molar-refractivity contribution is 6.17. The van der Waals surface area contributed by atoms with Gasteiger partial charge in [-0.15, -0.1) is 11.6 Å². The minimum absolute atomic E-state index is 0.0321. The smallest absolute Gasteiger partial charge is 0.227 e. The van der Waals surface area contributed by atoms with E-state index >= 15 is 0 Å². The zero-order valence-corrected chi connectivity index (χ0v) is 12.0. The van der Waals surface area contributed by atoms with Crippen molar-refractivity contribution in [2.45, 2.75) is 25.7 Å². The number of carbonyl (C=O) groups excluding carboxylic acids is 1. The molecule has 1 fully saturated rings. The van der Waals surface area contributed by atoms with Crippen LogP contribution in [0.3, 0.4) is 0 Å². The molecule has 1 aliphatic rings. The Kier molecular flexibility index (Phi) is 5.35. The Labute approximate surface area is 122 Å². The van der Waals surface area contributed by atoms with Crippen molar-refractivity contribution >= 4 is 17.5 Å². The molecule has 1 aliphatic heterocycles. The predicted octanol–water partition coefficient (Wildman–Crippen LogP) is 3.37. The van der Waals surface area contributed by atoms with E-state index in [9.17, 15) is 13.6 Å². The van der Waals surface area contributed by atoms with E-state index in [0.717, 1.165) is 44.5 Å². The van der Waals surface area contributed by atoms with Gasteiger partial charge in [-0.25, -0.2) is 8.78 Å². The molecule has 0 radical (unpaired) electrons. The molecule has 5 heteroatoms. The van der Waals surface area contributed by atoms with E-state index in [1.54, 1.807) is 0 Å². The second-order valence-corrected chi connectivity index (χ2v) is 5.63. The first kappa shape index (κ1) is 15.2. The number of amides is 1. The highest BCUT2D eigenvalue weighted by Gasteiger charge is 2.23. The Morgan fingerprint density at radius 3 is 2.85 bits per heavy atom. The standard InChI is InChI=1S/C15H18ClF2NO/c16-6-5-11-2-1-7-19(10-11)15(20)9-12-3-4-13(17)14(18)8-12/h3-4,8,11H,1-2,5-7,9-10H2. The van der Waals surface area contributed by atoms with E-state index in [2.05, 4.69) is 0 Å². The van der Waals surface area contributed by atoms with E-state index in [1.165, 1.54) is 6.07 Å². The van der Waals surface area contributed by atoms with Crippen LogP contribution in [-0.4, -0.2) is 29.8 Å². The Bertz CT molecular complexity index is 479. The van der Waals surface area contributed by atoms with Gasteiger partial charge in [0.05, 0.1) is 6.42 Å². The molecule has 20 heavy (non-hydrogen) atoms. The van der Waals surface area contributed by atoms with E-state index in [1.807, 2.05) is 4.90 Å². The lowest BCUT2D eigenvalue weighted by atomic mass is 9.95. The van der Waals surface area contributed by atoms with Gasteiger partial charge in [-0.1, -0.05) is 6.07 Å². The summed E-state index contributed by atoms with van der Waals surface area (Å²) in [6, 6.07) is 3.61. The largest absolute Gasteiger partial charge is 0.342 e. The molecule has 1 saturated heterocycles. The number of piperidine rings is 1. The maximum atomic E-state index is 13.1. The third kappa shape index (κ3) is 3.92. The quantitative estimate of drug-likeness (QED) is 0.781. The van der Waals surface area contributed by atoms with Gasteiger partial charge in [-0.3, -0.25) is 4.79 Å². The molecular weight excluding hydrogens is 284 g/mol. The molecule has 0 aliphatic carbocycles. The van der Waals surface area contributed by atoms with Crippen molar-refractivity contribution < 1.29 is 13.6 Å². The summed E-state index contributed by atoms with van der Waals surface area (Å²) in [5.41, 5.74) is 0.508. The van der Waals surface area contributed by atoms with Crippen molar-refractivity contribution in [2.75, 3.05) is 19.0 Å². The van der Waals surface area contributed by atoms with Gasteiger partial charge in [0, 0.05) is 19.0 Å². The minimum Gasteiger partial charge on any atom is -0.342 e. The van der Waals surface area contributed by atoms with Crippen LogP contribution in [0.5, 0.6) is 0 Å². The molecule has 2 nitrogen and oxygen atoms in total. The summed E-state index contributed by atoms with van der Waals surface area (Å²) < 4.78 is 26.0. The monoisotopic (exact) mass is 301 g/mol. The summed E-state index contributed by atoms with van der Waals surface area (Å²) >= 11 is 5.74. The van der Waals surface area contributed by atoms with Crippen LogP contribution < -0.4 is 0 Å². The van der Waals surface area contributed by atoms with Crippen molar-refractivity contribution in [3.63, 3.8) is 0 Å². The van der Waals surface area contributed by atoms with E-state index in [-0.39, 0.29) is 12.3 Å². The summed E-state index contributed by atoms with van der Waals surface area (Å²) in [5, 5.41) is 0. The highest BCUT2D eigenvalue weighted by atomic mass is 35.5. The average Bonchev–Trinajstić information content (AvgIpc) is 2.43. The predicted molar refractivity (Wildman–Crippen MR) is 74.7 cm³/mol. The molecule has 0 spiro atoms. The van der Waals surface area contributed by atoms with Crippen LogP contribution in [0.25, 0.3) is 0 Å². The number of carbonyl (C=O) groups is 1. The topological polar surface area (TPSA) is 20.3 Å². The van der Waals surface area contributed by atoms with Crippen molar-refractivity contribution in [3.8, 4) is 0 Å². The molecule has 1 aromatic rings. The van der Waals surface area contributed by atoms with Crippen LogP contribution in [0.1, 0.15) is 24.8 Å². The van der Waals surface area contributed by atoms with Crippen molar-refractivity contribution in [1.82, 2.24) is 4.90 Å². The summed E-state index contributed by atoms with van der Waals surface area (Å²) in [7, 11) is 0. The van der Waals surface area contributed by atoms with Gasteiger partial charge in [-0.2, -0.15) is 0 Å². The summed E-state index contributed by atoms with van der Waals surface area (Å²) in [6.07, 6.45) is 3.11.